The van der Waals surface area contributed by atoms with Crippen molar-refractivity contribution >= 4 is 40.6 Å². The third-order valence-corrected chi connectivity index (χ3v) is 4.22. The molecular formula is C21H20ClN3O4. The van der Waals surface area contributed by atoms with Gasteiger partial charge in [0.15, 0.2) is 11.5 Å². The fourth-order valence-corrected chi connectivity index (χ4v) is 2.90. The average Bonchev–Trinajstić information content (AvgIpc) is 3.19. The van der Waals surface area contributed by atoms with Crippen molar-refractivity contribution in [3.05, 3.63) is 71.0 Å². The highest BCUT2D eigenvalue weighted by Gasteiger charge is 2.31. The van der Waals surface area contributed by atoms with Crippen molar-refractivity contribution in [3.8, 4) is 0 Å². The molecule has 1 amide bonds. The minimum Gasteiger partial charge on any atom is -0.487 e. The molecule has 1 aliphatic heterocycles. The minimum atomic E-state index is -0.646. The van der Waals surface area contributed by atoms with Gasteiger partial charge in [0.05, 0.1) is 18.9 Å². The normalized spacial score (nSPS) is 13.7. The molecule has 1 heterocycles. The van der Waals surface area contributed by atoms with Crippen molar-refractivity contribution in [1.29, 1.82) is 0 Å². The number of amides is 1. The Morgan fingerprint density at radius 2 is 1.90 bits per heavy atom. The van der Waals surface area contributed by atoms with E-state index >= 15 is 0 Å². The predicted octanol–water partition coefficient (Wildman–Crippen LogP) is 3.98. The summed E-state index contributed by atoms with van der Waals surface area (Å²) in [6, 6.07) is 15.9. The van der Waals surface area contributed by atoms with E-state index in [1.54, 1.807) is 55.5 Å². The zero-order valence-corrected chi connectivity index (χ0v) is 16.5. The summed E-state index contributed by atoms with van der Waals surface area (Å²) >= 11 is 5.98. The molecule has 3 rings (SSSR count). The Bertz CT molecular complexity index is 957. The van der Waals surface area contributed by atoms with E-state index in [1.807, 2.05) is 6.07 Å². The van der Waals surface area contributed by atoms with Gasteiger partial charge < -0.3 is 14.8 Å². The number of para-hydroxylation sites is 1. The number of ether oxygens (including phenoxy) is 2. The molecule has 0 aromatic heterocycles. The summed E-state index contributed by atoms with van der Waals surface area (Å²) in [6.45, 7) is 2.14. The van der Waals surface area contributed by atoms with Crippen LogP contribution in [-0.4, -0.2) is 30.8 Å². The molecule has 0 fully saturated rings. The smallest absolute Gasteiger partial charge is 0.359 e. The summed E-state index contributed by atoms with van der Waals surface area (Å²) in [6.07, 6.45) is 0.354. The van der Waals surface area contributed by atoms with Crippen molar-refractivity contribution in [3.63, 3.8) is 0 Å². The zero-order chi connectivity index (χ0) is 20.6. The van der Waals surface area contributed by atoms with Crippen LogP contribution in [0.2, 0.25) is 5.02 Å². The van der Waals surface area contributed by atoms with E-state index in [1.165, 1.54) is 0 Å². The number of benzene rings is 2. The van der Waals surface area contributed by atoms with Crippen LogP contribution in [0.5, 0.6) is 0 Å². The third kappa shape index (κ3) is 5.36. The molecule has 0 aliphatic carbocycles. The fourth-order valence-electron chi connectivity index (χ4n) is 2.71. The minimum absolute atomic E-state index is 0.0115. The SMILES string of the molecule is CCOC(=O)/C(=N\Nc1cccc(Cl)c1)C1=C(C(=O)Nc2ccccc2)OCC1. The molecule has 0 bridgehead atoms. The number of hydrogen-bond acceptors (Lipinski definition) is 6. The van der Waals surface area contributed by atoms with Gasteiger partial charge in [-0.1, -0.05) is 35.9 Å². The molecule has 7 nitrogen and oxygen atoms in total. The first-order chi connectivity index (χ1) is 14.1. The van der Waals surface area contributed by atoms with E-state index in [9.17, 15) is 9.59 Å². The van der Waals surface area contributed by atoms with E-state index in [4.69, 9.17) is 21.1 Å². The maximum absolute atomic E-state index is 12.7. The third-order valence-electron chi connectivity index (χ3n) is 3.99. The summed E-state index contributed by atoms with van der Waals surface area (Å²) in [7, 11) is 0. The van der Waals surface area contributed by atoms with Gasteiger partial charge in [0.2, 0.25) is 0 Å². The van der Waals surface area contributed by atoms with Crippen LogP contribution in [0.4, 0.5) is 11.4 Å². The lowest BCUT2D eigenvalue weighted by atomic mass is 10.1. The molecule has 0 saturated heterocycles. The van der Waals surface area contributed by atoms with Gasteiger partial charge in [-0.05, 0) is 37.3 Å². The summed E-state index contributed by atoms with van der Waals surface area (Å²) < 4.78 is 10.6. The lowest BCUT2D eigenvalue weighted by Crippen LogP contribution is -2.24. The zero-order valence-electron chi connectivity index (χ0n) is 15.8. The first kappa shape index (κ1) is 20.4. The Balaban J connectivity index is 1.90. The van der Waals surface area contributed by atoms with Crippen LogP contribution < -0.4 is 10.7 Å². The molecule has 0 spiro atoms. The lowest BCUT2D eigenvalue weighted by Gasteiger charge is -2.10. The molecule has 0 saturated carbocycles. The van der Waals surface area contributed by atoms with Crippen LogP contribution in [0, 0.1) is 0 Å². The van der Waals surface area contributed by atoms with Crippen LogP contribution in [0.15, 0.2) is 71.0 Å². The molecule has 29 heavy (non-hydrogen) atoms. The van der Waals surface area contributed by atoms with Gasteiger partial charge in [-0.25, -0.2) is 4.79 Å². The number of rotatable bonds is 7. The molecule has 150 valence electrons. The first-order valence-corrected chi connectivity index (χ1v) is 9.45. The molecule has 0 unspecified atom stereocenters. The molecule has 0 atom stereocenters. The number of nitrogens with zero attached hydrogens (tertiary/aromatic N) is 1. The second-order valence-corrected chi connectivity index (χ2v) is 6.47. The quantitative estimate of drug-likeness (QED) is 0.407. The van der Waals surface area contributed by atoms with E-state index in [0.717, 1.165) is 0 Å². The van der Waals surface area contributed by atoms with E-state index in [-0.39, 0.29) is 24.7 Å². The van der Waals surface area contributed by atoms with Crippen LogP contribution in [0.1, 0.15) is 13.3 Å². The molecule has 2 N–H and O–H groups in total. The Labute approximate surface area is 173 Å². The Kier molecular flexibility index (Phi) is 6.86. The first-order valence-electron chi connectivity index (χ1n) is 9.07. The Morgan fingerprint density at radius 1 is 1.14 bits per heavy atom. The summed E-state index contributed by atoms with van der Waals surface area (Å²) in [5.74, 6) is -1.05. The summed E-state index contributed by atoms with van der Waals surface area (Å²) in [5.41, 5.74) is 4.37. The Morgan fingerprint density at radius 3 is 2.62 bits per heavy atom. The monoisotopic (exact) mass is 413 g/mol. The molecular weight excluding hydrogens is 394 g/mol. The maximum atomic E-state index is 12.7. The molecule has 2 aromatic carbocycles. The summed E-state index contributed by atoms with van der Waals surface area (Å²) in [5, 5.41) is 7.47. The number of anilines is 2. The van der Waals surface area contributed by atoms with Crippen molar-refractivity contribution in [2.24, 2.45) is 5.10 Å². The van der Waals surface area contributed by atoms with Gasteiger partial charge in [-0.2, -0.15) is 5.10 Å². The second kappa shape index (κ2) is 9.75. The molecule has 2 aromatic rings. The molecule has 0 radical (unpaired) electrons. The number of hydrazone groups is 1. The Hall–Kier alpha value is -3.32. The average molecular weight is 414 g/mol. The molecule has 1 aliphatic rings. The number of carbonyl (C=O) groups excluding carboxylic acids is 2. The van der Waals surface area contributed by atoms with Crippen LogP contribution in [-0.2, 0) is 19.1 Å². The number of hydrogen-bond donors (Lipinski definition) is 2. The van der Waals surface area contributed by atoms with Crippen molar-refractivity contribution < 1.29 is 19.1 Å². The second-order valence-electron chi connectivity index (χ2n) is 6.03. The van der Waals surface area contributed by atoms with E-state index in [2.05, 4.69) is 15.8 Å². The van der Waals surface area contributed by atoms with Gasteiger partial charge in [-0.3, -0.25) is 10.2 Å². The highest BCUT2D eigenvalue weighted by molar-refractivity contribution is 6.44. The number of esters is 1. The van der Waals surface area contributed by atoms with Gasteiger partial charge in [-0.15, -0.1) is 0 Å². The van der Waals surface area contributed by atoms with Crippen molar-refractivity contribution in [2.45, 2.75) is 13.3 Å². The van der Waals surface area contributed by atoms with E-state index < -0.39 is 11.9 Å². The summed E-state index contributed by atoms with van der Waals surface area (Å²) in [4.78, 5) is 25.2. The van der Waals surface area contributed by atoms with Gasteiger partial charge >= 0.3 is 5.97 Å². The number of nitrogens with one attached hydrogen (secondary N) is 2. The highest BCUT2D eigenvalue weighted by Crippen LogP contribution is 2.24. The fraction of sp³-hybridized carbons (Fsp3) is 0.190. The standard InChI is InChI=1S/C21H20ClN3O4/c1-2-28-21(27)18(25-24-16-10-6-7-14(22)13-16)17-11-12-29-19(17)20(26)23-15-8-4-3-5-9-15/h3-10,13,24H,2,11-12H2,1H3,(H,23,26)/b25-18-. The van der Waals surface area contributed by atoms with E-state index in [0.29, 0.717) is 28.4 Å². The largest absolute Gasteiger partial charge is 0.487 e. The highest BCUT2D eigenvalue weighted by atomic mass is 35.5. The van der Waals surface area contributed by atoms with Gasteiger partial charge in [0.1, 0.15) is 0 Å². The van der Waals surface area contributed by atoms with Crippen LogP contribution >= 0.6 is 11.6 Å². The topological polar surface area (TPSA) is 89.0 Å². The van der Waals surface area contributed by atoms with Crippen molar-refractivity contribution in [2.75, 3.05) is 24.0 Å². The lowest BCUT2D eigenvalue weighted by molar-refractivity contribution is -0.135. The molecule has 8 heteroatoms. The maximum Gasteiger partial charge on any atom is 0.359 e. The predicted molar refractivity (Wildman–Crippen MR) is 112 cm³/mol. The van der Waals surface area contributed by atoms with Crippen LogP contribution in [0.25, 0.3) is 0 Å². The van der Waals surface area contributed by atoms with Gasteiger partial charge in [0, 0.05) is 22.7 Å². The number of carbonyl (C=O) groups is 2. The number of halogens is 1. The van der Waals surface area contributed by atoms with Gasteiger partial charge in [0.25, 0.3) is 5.91 Å². The van der Waals surface area contributed by atoms with Crippen LogP contribution in [0.3, 0.4) is 0 Å². The van der Waals surface area contributed by atoms with Crippen molar-refractivity contribution in [1.82, 2.24) is 0 Å².